The molecule has 2 aromatic heterocycles. The molecule has 0 fully saturated rings. The summed E-state index contributed by atoms with van der Waals surface area (Å²) in [5.74, 6) is -1.76. The zero-order valence-electron chi connectivity index (χ0n) is 20.9. The van der Waals surface area contributed by atoms with Crippen LogP contribution in [-0.4, -0.2) is 66.1 Å². The van der Waals surface area contributed by atoms with Crippen LogP contribution in [0.4, 0.5) is 18.9 Å². The Bertz CT molecular complexity index is 1280. The molecule has 0 aliphatic heterocycles. The van der Waals surface area contributed by atoms with E-state index < -0.39 is 29.3 Å². The first-order chi connectivity index (χ1) is 18.5. The Morgan fingerprint density at radius 2 is 1.69 bits per heavy atom. The van der Waals surface area contributed by atoms with E-state index in [-0.39, 0.29) is 35.3 Å². The van der Waals surface area contributed by atoms with Crippen molar-refractivity contribution in [2.45, 2.75) is 16.8 Å². The molecule has 14 heteroatoms. The third-order valence-electron chi connectivity index (χ3n) is 4.80. The molecule has 10 nitrogen and oxygen atoms in total. The van der Waals surface area contributed by atoms with Gasteiger partial charge in [0.1, 0.15) is 16.1 Å². The molecule has 0 spiro atoms. The van der Waals surface area contributed by atoms with Gasteiger partial charge < -0.3 is 25.6 Å². The maximum absolute atomic E-state index is 13.0. The van der Waals surface area contributed by atoms with E-state index in [1.54, 1.807) is 49.6 Å². The van der Waals surface area contributed by atoms with Crippen molar-refractivity contribution >= 4 is 35.2 Å². The number of alkyl halides is 3. The van der Waals surface area contributed by atoms with E-state index in [1.807, 2.05) is 0 Å². The number of nitrogens with one attached hydrogen (secondary N) is 3. The monoisotopic (exact) mass is 562 g/mol. The molecule has 2 heterocycles. The van der Waals surface area contributed by atoms with Crippen LogP contribution in [0.2, 0.25) is 0 Å². The Hall–Kier alpha value is -4.17. The van der Waals surface area contributed by atoms with Crippen LogP contribution in [0.25, 0.3) is 0 Å². The molecule has 0 aliphatic carbocycles. The Morgan fingerprint density at radius 1 is 1.00 bits per heavy atom. The average Bonchev–Trinajstić information content (AvgIpc) is 2.88. The number of rotatable bonds is 11. The van der Waals surface area contributed by atoms with Crippen molar-refractivity contribution in [2.75, 3.05) is 32.5 Å². The van der Waals surface area contributed by atoms with E-state index in [9.17, 15) is 27.6 Å². The van der Waals surface area contributed by atoms with Gasteiger partial charge in [-0.05, 0) is 68.2 Å². The number of halogens is 3. The second-order valence-electron chi connectivity index (χ2n) is 8.24. The van der Waals surface area contributed by atoms with Crippen molar-refractivity contribution in [3.05, 3.63) is 78.2 Å². The van der Waals surface area contributed by atoms with Gasteiger partial charge >= 0.3 is 6.36 Å². The van der Waals surface area contributed by atoms with Crippen LogP contribution in [0.1, 0.15) is 21.3 Å². The van der Waals surface area contributed by atoms with Crippen LogP contribution >= 0.6 is 11.8 Å². The zero-order valence-corrected chi connectivity index (χ0v) is 21.7. The third-order valence-corrected chi connectivity index (χ3v) is 5.97. The Kier molecular flexibility index (Phi) is 10.2. The Labute approximate surface area is 226 Å². The highest BCUT2D eigenvalue weighted by atomic mass is 32.2. The first-order valence-electron chi connectivity index (χ1n) is 11.4. The Balaban J connectivity index is 1.73. The topological polar surface area (TPSA) is 126 Å². The highest BCUT2D eigenvalue weighted by Gasteiger charge is 2.31. The SMILES string of the molecule is CN(C)CC(=O)NCC(=O)NC(Sc1ncccc1C(=O)Nc1ccc(OC(F)(F)F)cc1)c1ccncc1. The molecule has 3 N–H and O–H groups in total. The van der Waals surface area contributed by atoms with Crippen LogP contribution in [0.3, 0.4) is 0 Å². The summed E-state index contributed by atoms with van der Waals surface area (Å²) in [4.78, 5) is 47.5. The third kappa shape index (κ3) is 9.90. The number of nitrogens with zero attached hydrogens (tertiary/aromatic N) is 3. The molecule has 3 rings (SSSR count). The van der Waals surface area contributed by atoms with Crippen LogP contribution < -0.4 is 20.7 Å². The average molecular weight is 563 g/mol. The number of amides is 3. The molecular formula is C25H25F3N6O4S. The number of likely N-dealkylation sites (N-methyl/N-ethyl adjacent to an activating group) is 1. The Morgan fingerprint density at radius 3 is 2.33 bits per heavy atom. The largest absolute Gasteiger partial charge is 0.573 e. The number of pyridine rings is 2. The van der Waals surface area contributed by atoms with Crippen molar-refractivity contribution in [3.8, 4) is 5.75 Å². The lowest BCUT2D eigenvalue weighted by Gasteiger charge is -2.20. The summed E-state index contributed by atoms with van der Waals surface area (Å²) in [6.07, 6.45) is -0.251. The van der Waals surface area contributed by atoms with Gasteiger partial charge in [-0.1, -0.05) is 11.8 Å². The minimum atomic E-state index is -4.83. The number of hydrogen-bond acceptors (Lipinski definition) is 8. The van der Waals surface area contributed by atoms with Crippen LogP contribution in [-0.2, 0) is 9.59 Å². The van der Waals surface area contributed by atoms with Crippen LogP contribution in [0.5, 0.6) is 5.75 Å². The molecule has 39 heavy (non-hydrogen) atoms. The molecule has 1 atom stereocenters. The summed E-state index contributed by atoms with van der Waals surface area (Å²) in [5.41, 5.74) is 1.08. The van der Waals surface area contributed by atoms with Crippen molar-refractivity contribution in [1.82, 2.24) is 25.5 Å². The second kappa shape index (κ2) is 13.6. The number of thioether (sulfide) groups is 1. The molecule has 1 unspecified atom stereocenters. The molecule has 206 valence electrons. The quantitative estimate of drug-likeness (QED) is 0.240. The smallest absolute Gasteiger partial charge is 0.406 e. The van der Waals surface area contributed by atoms with E-state index in [0.717, 1.165) is 23.9 Å². The van der Waals surface area contributed by atoms with Crippen molar-refractivity contribution in [3.63, 3.8) is 0 Å². The predicted molar refractivity (Wildman–Crippen MR) is 138 cm³/mol. The van der Waals surface area contributed by atoms with Crippen LogP contribution in [0, 0.1) is 0 Å². The summed E-state index contributed by atoms with van der Waals surface area (Å²) < 4.78 is 41.0. The minimum Gasteiger partial charge on any atom is -0.406 e. The fourth-order valence-corrected chi connectivity index (χ4v) is 4.26. The molecule has 3 aromatic rings. The highest BCUT2D eigenvalue weighted by Crippen LogP contribution is 2.34. The maximum atomic E-state index is 13.0. The second-order valence-corrected chi connectivity index (χ2v) is 9.34. The lowest BCUT2D eigenvalue weighted by Crippen LogP contribution is -2.41. The standard InChI is InChI=1S/C25H25F3N6O4S/c1-34(2)15-21(36)31-14-20(35)33-23(16-9-12-29-13-10-16)39-24-19(4-3-11-30-24)22(37)32-17-5-7-18(8-6-17)38-25(26,27)28/h3-13,23H,14-15H2,1-2H3,(H,31,36)(H,32,37)(H,33,35). The maximum Gasteiger partial charge on any atom is 0.573 e. The molecule has 0 saturated heterocycles. The van der Waals surface area contributed by atoms with Gasteiger partial charge in [0.15, 0.2) is 0 Å². The highest BCUT2D eigenvalue weighted by molar-refractivity contribution is 7.99. The first-order valence-corrected chi connectivity index (χ1v) is 12.3. The normalized spacial score (nSPS) is 11.9. The van der Waals surface area contributed by atoms with Crippen molar-refractivity contribution in [2.24, 2.45) is 0 Å². The number of hydrogen-bond donors (Lipinski definition) is 3. The molecule has 0 bridgehead atoms. The number of carbonyl (C=O) groups excluding carboxylic acids is 3. The van der Waals surface area contributed by atoms with Gasteiger partial charge in [-0.25, -0.2) is 4.98 Å². The molecule has 3 amide bonds. The fourth-order valence-electron chi connectivity index (χ4n) is 3.15. The van der Waals surface area contributed by atoms with E-state index in [1.165, 1.54) is 24.4 Å². The number of ether oxygens (including phenoxy) is 1. The number of carbonyl (C=O) groups is 3. The first kappa shape index (κ1) is 29.4. The predicted octanol–water partition coefficient (Wildman–Crippen LogP) is 3.21. The van der Waals surface area contributed by atoms with E-state index in [0.29, 0.717) is 5.56 Å². The molecule has 0 aliphatic rings. The summed E-state index contributed by atoms with van der Waals surface area (Å²) in [6.45, 7) is -0.126. The molecule has 0 saturated carbocycles. The van der Waals surface area contributed by atoms with E-state index in [4.69, 9.17) is 0 Å². The lowest BCUT2D eigenvalue weighted by molar-refractivity contribution is -0.274. The summed E-state index contributed by atoms with van der Waals surface area (Å²) >= 11 is 1.09. The molecule has 0 radical (unpaired) electrons. The fraction of sp³-hybridized carbons (Fsp3) is 0.240. The number of benzene rings is 1. The zero-order chi connectivity index (χ0) is 28.4. The van der Waals surface area contributed by atoms with Gasteiger partial charge in [-0.2, -0.15) is 0 Å². The van der Waals surface area contributed by atoms with E-state index in [2.05, 4.69) is 30.7 Å². The van der Waals surface area contributed by atoms with Crippen molar-refractivity contribution in [1.29, 1.82) is 0 Å². The van der Waals surface area contributed by atoms with Crippen molar-refractivity contribution < 1.29 is 32.3 Å². The molecular weight excluding hydrogens is 537 g/mol. The van der Waals surface area contributed by atoms with Crippen LogP contribution in [0.15, 0.2) is 72.1 Å². The number of anilines is 1. The molecule has 1 aromatic carbocycles. The summed E-state index contributed by atoms with van der Waals surface area (Å²) in [6, 6.07) is 11.2. The lowest BCUT2D eigenvalue weighted by atomic mass is 10.2. The summed E-state index contributed by atoms with van der Waals surface area (Å²) in [7, 11) is 3.46. The summed E-state index contributed by atoms with van der Waals surface area (Å²) in [5, 5.41) is 7.57. The van der Waals surface area contributed by atoms with Gasteiger partial charge in [-0.3, -0.25) is 19.4 Å². The van der Waals surface area contributed by atoms with Gasteiger partial charge in [0.25, 0.3) is 5.91 Å². The van der Waals surface area contributed by atoms with E-state index >= 15 is 0 Å². The number of aromatic nitrogens is 2. The van der Waals surface area contributed by atoms with Gasteiger partial charge in [0.05, 0.1) is 18.7 Å². The minimum absolute atomic E-state index is 0.125. The van der Waals surface area contributed by atoms with Gasteiger partial charge in [0, 0.05) is 24.3 Å². The van der Waals surface area contributed by atoms with Gasteiger partial charge in [-0.15, -0.1) is 13.2 Å². The van der Waals surface area contributed by atoms with Gasteiger partial charge in [0.2, 0.25) is 11.8 Å².